The van der Waals surface area contributed by atoms with Crippen molar-refractivity contribution in [3.8, 4) is 11.5 Å². The maximum Gasteiger partial charge on any atom is 0.262 e. The number of carbonyl (C=O) groups excluding carboxylic acids is 1. The van der Waals surface area contributed by atoms with Crippen LogP contribution in [0.5, 0.6) is 11.5 Å². The van der Waals surface area contributed by atoms with Crippen molar-refractivity contribution < 1.29 is 18.7 Å². The smallest absolute Gasteiger partial charge is 0.262 e. The SMILES string of the molecule is CCCOc1ccccc1OCC(=O)Nc1ccc(F)cc1C. The molecule has 0 fully saturated rings. The second-order valence-corrected chi connectivity index (χ2v) is 5.09. The maximum atomic E-state index is 13.0. The van der Waals surface area contributed by atoms with Crippen LogP contribution in [0.15, 0.2) is 42.5 Å². The molecular weight excluding hydrogens is 297 g/mol. The molecule has 5 heteroatoms. The van der Waals surface area contributed by atoms with Crippen LogP contribution in [0.1, 0.15) is 18.9 Å². The predicted octanol–water partition coefficient (Wildman–Crippen LogP) is 3.94. The lowest BCUT2D eigenvalue weighted by Gasteiger charge is -2.13. The molecule has 0 saturated carbocycles. The molecule has 1 amide bonds. The maximum absolute atomic E-state index is 13.0. The van der Waals surface area contributed by atoms with E-state index in [0.717, 1.165) is 6.42 Å². The van der Waals surface area contributed by atoms with Crippen molar-refractivity contribution in [2.24, 2.45) is 0 Å². The van der Waals surface area contributed by atoms with Crippen molar-refractivity contribution in [1.82, 2.24) is 0 Å². The van der Waals surface area contributed by atoms with E-state index in [1.165, 1.54) is 18.2 Å². The van der Waals surface area contributed by atoms with Gasteiger partial charge in [0.2, 0.25) is 0 Å². The molecule has 0 atom stereocenters. The molecule has 4 nitrogen and oxygen atoms in total. The van der Waals surface area contributed by atoms with Crippen molar-refractivity contribution in [3.63, 3.8) is 0 Å². The summed E-state index contributed by atoms with van der Waals surface area (Å²) in [4.78, 5) is 12.0. The van der Waals surface area contributed by atoms with Crippen LogP contribution in [0.3, 0.4) is 0 Å². The van der Waals surface area contributed by atoms with Crippen molar-refractivity contribution in [2.45, 2.75) is 20.3 Å². The number of aryl methyl sites for hydroxylation is 1. The number of ether oxygens (including phenoxy) is 2. The molecule has 0 bridgehead atoms. The van der Waals surface area contributed by atoms with E-state index >= 15 is 0 Å². The second-order valence-electron chi connectivity index (χ2n) is 5.09. The zero-order chi connectivity index (χ0) is 16.7. The quantitative estimate of drug-likeness (QED) is 0.841. The molecule has 2 rings (SSSR count). The summed E-state index contributed by atoms with van der Waals surface area (Å²) >= 11 is 0. The van der Waals surface area contributed by atoms with Crippen LogP contribution < -0.4 is 14.8 Å². The van der Waals surface area contributed by atoms with Gasteiger partial charge in [0.1, 0.15) is 5.82 Å². The minimum absolute atomic E-state index is 0.149. The summed E-state index contributed by atoms with van der Waals surface area (Å²) < 4.78 is 24.1. The highest BCUT2D eigenvalue weighted by Gasteiger charge is 2.09. The zero-order valence-electron chi connectivity index (χ0n) is 13.3. The molecule has 0 radical (unpaired) electrons. The number of benzene rings is 2. The van der Waals surface area contributed by atoms with Crippen LogP contribution in [0, 0.1) is 12.7 Å². The summed E-state index contributed by atoms with van der Waals surface area (Å²) in [5.74, 6) is 0.482. The van der Waals surface area contributed by atoms with Gasteiger partial charge in [0.25, 0.3) is 5.91 Å². The average Bonchev–Trinajstić information content (AvgIpc) is 2.54. The molecule has 0 saturated heterocycles. The fraction of sp³-hybridized carbons (Fsp3) is 0.278. The van der Waals surface area contributed by atoms with Crippen LogP contribution >= 0.6 is 0 Å². The van der Waals surface area contributed by atoms with Gasteiger partial charge in [0.15, 0.2) is 18.1 Å². The first-order valence-corrected chi connectivity index (χ1v) is 7.50. The van der Waals surface area contributed by atoms with Gasteiger partial charge < -0.3 is 14.8 Å². The molecule has 1 N–H and O–H groups in total. The lowest BCUT2D eigenvalue weighted by molar-refractivity contribution is -0.118. The summed E-state index contributed by atoms with van der Waals surface area (Å²) in [5, 5.41) is 2.70. The molecule has 0 spiro atoms. The molecule has 0 aliphatic carbocycles. The van der Waals surface area contributed by atoms with Crippen LogP contribution in [-0.2, 0) is 4.79 Å². The van der Waals surface area contributed by atoms with Gasteiger partial charge in [-0.3, -0.25) is 4.79 Å². The average molecular weight is 317 g/mol. The van der Waals surface area contributed by atoms with Gasteiger partial charge in [-0.2, -0.15) is 0 Å². The normalized spacial score (nSPS) is 10.2. The number of hydrogen-bond acceptors (Lipinski definition) is 3. The highest BCUT2D eigenvalue weighted by molar-refractivity contribution is 5.92. The summed E-state index contributed by atoms with van der Waals surface area (Å²) in [5.41, 5.74) is 1.22. The highest BCUT2D eigenvalue weighted by Crippen LogP contribution is 2.26. The summed E-state index contributed by atoms with van der Waals surface area (Å²) in [7, 11) is 0. The molecule has 0 aromatic heterocycles. The summed E-state index contributed by atoms with van der Waals surface area (Å²) in [6, 6.07) is 11.4. The minimum atomic E-state index is -0.334. The van der Waals surface area contributed by atoms with E-state index in [-0.39, 0.29) is 18.3 Å². The van der Waals surface area contributed by atoms with Crippen LogP contribution in [0.4, 0.5) is 10.1 Å². The Hall–Kier alpha value is -2.56. The monoisotopic (exact) mass is 317 g/mol. The third-order valence-electron chi connectivity index (χ3n) is 3.13. The Kier molecular flexibility index (Phi) is 5.97. The second kappa shape index (κ2) is 8.17. The van der Waals surface area contributed by atoms with E-state index in [2.05, 4.69) is 5.32 Å². The van der Waals surface area contributed by atoms with Crippen molar-refractivity contribution in [1.29, 1.82) is 0 Å². The lowest BCUT2D eigenvalue weighted by atomic mass is 10.2. The molecule has 0 aliphatic rings. The number of hydrogen-bond donors (Lipinski definition) is 1. The Bertz CT molecular complexity index is 673. The van der Waals surface area contributed by atoms with Crippen LogP contribution in [0.2, 0.25) is 0 Å². The number of amides is 1. The fourth-order valence-corrected chi connectivity index (χ4v) is 2.00. The Morgan fingerprint density at radius 1 is 1.13 bits per heavy atom. The first-order valence-electron chi connectivity index (χ1n) is 7.50. The Morgan fingerprint density at radius 3 is 2.48 bits per heavy atom. The Balaban J connectivity index is 1.94. The standard InChI is InChI=1S/C18H20FNO3/c1-3-10-22-16-6-4-5-7-17(16)23-12-18(21)20-15-9-8-14(19)11-13(15)2/h4-9,11H,3,10,12H2,1-2H3,(H,20,21). The van der Waals surface area contributed by atoms with Gasteiger partial charge in [-0.1, -0.05) is 19.1 Å². The largest absolute Gasteiger partial charge is 0.490 e. The number of para-hydroxylation sites is 2. The fourth-order valence-electron chi connectivity index (χ4n) is 2.00. The van der Waals surface area contributed by atoms with Crippen molar-refractivity contribution in [2.75, 3.05) is 18.5 Å². The molecule has 2 aromatic carbocycles. The van der Waals surface area contributed by atoms with E-state index in [1.807, 2.05) is 19.1 Å². The van der Waals surface area contributed by atoms with Gasteiger partial charge in [0.05, 0.1) is 6.61 Å². The van der Waals surface area contributed by atoms with Crippen LogP contribution in [0.25, 0.3) is 0 Å². The zero-order valence-corrected chi connectivity index (χ0v) is 13.3. The van der Waals surface area contributed by atoms with Gasteiger partial charge in [-0.05, 0) is 49.2 Å². The summed E-state index contributed by atoms with van der Waals surface area (Å²) in [6.45, 7) is 4.18. The predicted molar refractivity (Wildman–Crippen MR) is 87.5 cm³/mol. The van der Waals surface area contributed by atoms with Gasteiger partial charge in [0, 0.05) is 5.69 Å². The molecule has 0 unspecified atom stereocenters. The van der Waals surface area contributed by atoms with Gasteiger partial charge in [-0.25, -0.2) is 4.39 Å². The number of anilines is 1. The molecule has 122 valence electrons. The first kappa shape index (κ1) is 16.8. The van der Waals surface area contributed by atoms with Gasteiger partial charge in [-0.15, -0.1) is 0 Å². The van der Waals surface area contributed by atoms with Crippen molar-refractivity contribution >= 4 is 11.6 Å². The highest BCUT2D eigenvalue weighted by atomic mass is 19.1. The molecular formula is C18H20FNO3. The Labute approximate surface area is 135 Å². The van der Waals surface area contributed by atoms with Crippen molar-refractivity contribution in [3.05, 3.63) is 53.8 Å². The molecule has 2 aromatic rings. The van der Waals surface area contributed by atoms with Gasteiger partial charge >= 0.3 is 0 Å². The van der Waals surface area contributed by atoms with E-state index in [9.17, 15) is 9.18 Å². The van der Waals surface area contributed by atoms with E-state index in [0.29, 0.717) is 29.4 Å². The number of carbonyl (C=O) groups is 1. The Morgan fingerprint density at radius 2 is 1.83 bits per heavy atom. The summed E-state index contributed by atoms with van der Waals surface area (Å²) in [6.07, 6.45) is 0.888. The third kappa shape index (κ3) is 4.98. The topological polar surface area (TPSA) is 47.6 Å². The van der Waals surface area contributed by atoms with E-state index in [1.54, 1.807) is 19.1 Å². The molecule has 0 heterocycles. The number of nitrogens with one attached hydrogen (secondary N) is 1. The van der Waals surface area contributed by atoms with Crippen LogP contribution in [-0.4, -0.2) is 19.1 Å². The number of rotatable bonds is 7. The van der Waals surface area contributed by atoms with E-state index < -0.39 is 0 Å². The first-order chi connectivity index (χ1) is 11.1. The minimum Gasteiger partial charge on any atom is -0.490 e. The molecule has 0 aliphatic heterocycles. The molecule has 23 heavy (non-hydrogen) atoms. The van der Waals surface area contributed by atoms with E-state index in [4.69, 9.17) is 9.47 Å². The number of halogens is 1. The third-order valence-corrected chi connectivity index (χ3v) is 3.13. The lowest BCUT2D eigenvalue weighted by Crippen LogP contribution is -2.21.